The summed E-state index contributed by atoms with van der Waals surface area (Å²) in [5.74, 6) is 0.443. The number of nitrogens with one attached hydrogen (secondary N) is 1. The molecule has 1 aromatic heterocycles. The highest BCUT2D eigenvalue weighted by Crippen LogP contribution is 2.30. The van der Waals surface area contributed by atoms with Crippen LogP contribution in [0.2, 0.25) is 0 Å². The predicted molar refractivity (Wildman–Crippen MR) is 96.1 cm³/mol. The van der Waals surface area contributed by atoms with Crippen molar-refractivity contribution >= 4 is 5.91 Å². The number of rotatable bonds is 6. The van der Waals surface area contributed by atoms with Crippen LogP contribution < -0.4 is 5.32 Å². The average Bonchev–Trinajstić information content (AvgIpc) is 3.15. The van der Waals surface area contributed by atoms with Gasteiger partial charge in [-0.15, -0.1) is 0 Å². The second kappa shape index (κ2) is 8.24. The van der Waals surface area contributed by atoms with E-state index in [2.05, 4.69) is 15.5 Å². The van der Waals surface area contributed by atoms with E-state index in [0.717, 1.165) is 17.7 Å². The molecule has 0 aliphatic carbocycles. The number of hydrogen-bond acceptors (Lipinski definition) is 4. The van der Waals surface area contributed by atoms with E-state index in [-0.39, 0.29) is 18.7 Å². The minimum Gasteiger partial charge on any atom is -0.350 e. The van der Waals surface area contributed by atoms with Crippen molar-refractivity contribution in [3.63, 3.8) is 0 Å². The lowest BCUT2D eigenvalue weighted by atomic mass is 10.0. The van der Waals surface area contributed by atoms with Gasteiger partial charge >= 0.3 is 6.18 Å². The van der Waals surface area contributed by atoms with E-state index in [1.165, 1.54) is 6.07 Å². The predicted octanol–water partition coefficient (Wildman–Crippen LogP) is 4.57. The molecule has 1 unspecified atom stereocenters. The molecule has 1 N–H and O–H groups in total. The fraction of sp³-hybridized carbons (Fsp3) is 0.250. The number of aryl methyl sites for hydroxylation is 1. The van der Waals surface area contributed by atoms with Crippen molar-refractivity contribution in [3.8, 4) is 11.4 Å². The van der Waals surface area contributed by atoms with Crippen molar-refractivity contribution in [2.24, 2.45) is 0 Å². The first-order chi connectivity index (χ1) is 13.3. The van der Waals surface area contributed by atoms with Gasteiger partial charge in [-0.2, -0.15) is 18.2 Å². The first-order valence-electron chi connectivity index (χ1n) is 8.67. The highest BCUT2D eigenvalue weighted by molar-refractivity contribution is 5.76. The van der Waals surface area contributed by atoms with Crippen LogP contribution in [0.5, 0.6) is 0 Å². The van der Waals surface area contributed by atoms with E-state index in [1.807, 2.05) is 30.3 Å². The minimum atomic E-state index is -4.42. The topological polar surface area (TPSA) is 68.0 Å². The average molecular weight is 389 g/mol. The molecule has 5 nitrogen and oxygen atoms in total. The summed E-state index contributed by atoms with van der Waals surface area (Å²) in [6, 6.07) is 13.6. The minimum absolute atomic E-state index is 0.0831. The van der Waals surface area contributed by atoms with Crippen molar-refractivity contribution in [3.05, 3.63) is 71.6 Å². The Kier molecular flexibility index (Phi) is 5.77. The Hall–Kier alpha value is -3.16. The molecule has 0 saturated carbocycles. The van der Waals surface area contributed by atoms with Crippen LogP contribution in [-0.2, 0) is 17.4 Å². The van der Waals surface area contributed by atoms with Crippen LogP contribution in [-0.4, -0.2) is 16.0 Å². The van der Waals surface area contributed by atoms with Gasteiger partial charge in [0, 0.05) is 18.4 Å². The van der Waals surface area contributed by atoms with E-state index < -0.39 is 17.8 Å². The summed E-state index contributed by atoms with van der Waals surface area (Å²) < 4.78 is 43.6. The lowest BCUT2D eigenvalue weighted by molar-refractivity contribution is -0.137. The van der Waals surface area contributed by atoms with Gasteiger partial charge in [-0.3, -0.25) is 4.79 Å². The summed E-state index contributed by atoms with van der Waals surface area (Å²) in [7, 11) is 0. The van der Waals surface area contributed by atoms with E-state index in [0.29, 0.717) is 17.3 Å². The summed E-state index contributed by atoms with van der Waals surface area (Å²) in [5, 5.41) is 6.57. The summed E-state index contributed by atoms with van der Waals surface area (Å²) in [6.45, 7) is 1.63. The second-order valence-electron chi connectivity index (χ2n) is 6.29. The van der Waals surface area contributed by atoms with E-state index in [4.69, 9.17) is 4.52 Å². The molecule has 0 fully saturated rings. The number of amides is 1. The molecule has 0 bridgehead atoms. The maximum atomic E-state index is 12.8. The van der Waals surface area contributed by atoms with Gasteiger partial charge in [0.2, 0.25) is 17.6 Å². The zero-order valence-corrected chi connectivity index (χ0v) is 15.0. The van der Waals surface area contributed by atoms with Crippen LogP contribution in [0.1, 0.15) is 36.4 Å². The number of alkyl halides is 3. The number of benzene rings is 2. The fourth-order valence-corrected chi connectivity index (χ4v) is 2.66. The second-order valence-corrected chi connectivity index (χ2v) is 6.29. The molecule has 1 atom stereocenters. The van der Waals surface area contributed by atoms with Gasteiger partial charge in [-0.1, -0.05) is 47.6 Å². The molecular weight excluding hydrogens is 371 g/mol. The molecule has 3 rings (SSSR count). The molecule has 0 aliphatic rings. The van der Waals surface area contributed by atoms with E-state index >= 15 is 0 Å². The van der Waals surface area contributed by atoms with Gasteiger partial charge in [-0.25, -0.2) is 0 Å². The Labute approximate surface area is 159 Å². The first kappa shape index (κ1) is 19.6. The third-order valence-corrected chi connectivity index (χ3v) is 4.16. The van der Waals surface area contributed by atoms with Gasteiger partial charge in [0.1, 0.15) is 0 Å². The maximum Gasteiger partial charge on any atom is 0.416 e. The number of halogens is 3. The van der Waals surface area contributed by atoms with Crippen molar-refractivity contribution in [1.29, 1.82) is 0 Å². The fourth-order valence-electron chi connectivity index (χ4n) is 2.66. The SMILES string of the molecule is CC(NC(=O)CCc1nc(-c2ccccc2)no1)c1cccc(C(F)(F)F)c1. The third-order valence-electron chi connectivity index (χ3n) is 4.16. The summed E-state index contributed by atoms with van der Waals surface area (Å²) >= 11 is 0. The molecule has 8 heteroatoms. The highest BCUT2D eigenvalue weighted by atomic mass is 19.4. The lowest BCUT2D eigenvalue weighted by Gasteiger charge is -2.16. The molecule has 0 saturated heterocycles. The summed E-state index contributed by atoms with van der Waals surface area (Å²) in [6.07, 6.45) is -4.10. The van der Waals surface area contributed by atoms with Crippen LogP contribution >= 0.6 is 0 Å². The van der Waals surface area contributed by atoms with E-state index in [1.54, 1.807) is 13.0 Å². The number of carbonyl (C=O) groups is 1. The van der Waals surface area contributed by atoms with Gasteiger partial charge < -0.3 is 9.84 Å². The van der Waals surface area contributed by atoms with Crippen LogP contribution in [0.3, 0.4) is 0 Å². The molecule has 1 amide bonds. The summed E-state index contributed by atoms with van der Waals surface area (Å²) in [5.41, 5.74) is 0.442. The van der Waals surface area contributed by atoms with Crippen LogP contribution in [0.15, 0.2) is 59.1 Å². The van der Waals surface area contributed by atoms with Gasteiger partial charge in [0.05, 0.1) is 11.6 Å². The number of hydrogen-bond donors (Lipinski definition) is 1. The van der Waals surface area contributed by atoms with Gasteiger partial charge in [0.25, 0.3) is 0 Å². The monoisotopic (exact) mass is 389 g/mol. The zero-order chi connectivity index (χ0) is 20.1. The summed E-state index contributed by atoms with van der Waals surface area (Å²) in [4.78, 5) is 16.4. The third kappa shape index (κ3) is 4.97. The number of aromatic nitrogens is 2. The van der Waals surface area contributed by atoms with Crippen molar-refractivity contribution in [2.75, 3.05) is 0 Å². The molecule has 146 valence electrons. The largest absolute Gasteiger partial charge is 0.416 e. The van der Waals surface area contributed by atoms with E-state index in [9.17, 15) is 18.0 Å². The zero-order valence-electron chi connectivity index (χ0n) is 15.0. The van der Waals surface area contributed by atoms with Crippen molar-refractivity contribution < 1.29 is 22.5 Å². The van der Waals surface area contributed by atoms with Crippen molar-refractivity contribution in [1.82, 2.24) is 15.5 Å². The number of carbonyl (C=O) groups excluding carboxylic acids is 1. The molecule has 1 heterocycles. The van der Waals surface area contributed by atoms with Gasteiger partial charge in [-0.05, 0) is 24.6 Å². The standard InChI is InChI=1S/C20H18F3N3O2/c1-13(15-8-5-9-16(12-15)20(21,22)23)24-17(27)10-11-18-25-19(26-28-18)14-6-3-2-4-7-14/h2-9,12-13H,10-11H2,1H3,(H,24,27). The van der Waals surface area contributed by atoms with Crippen LogP contribution in [0.25, 0.3) is 11.4 Å². The maximum absolute atomic E-state index is 12.8. The van der Waals surface area contributed by atoms with Crippen LogP contribution in [0, 0.1) is 0 Å². The molecular formula is C20H18F3N3O2. The van der Waals surface area contributed by atoms with Crippen LogP contribution in [0.4, 0.5) is 13.2 Å². The molecule has 0 aliphatic heterocycles. The number of nitrogens with zero attached hydrogens (tertiary/aromatic N) is 2. The molecule has 28 heavy (non-hydrogen) atoms. The lowest BCUT2D eigenvalue weighted by Crippen LogP contribution is -2.27. The Morgan fingerprint density at radius 2 is 1.89 bits per heavy atom. The Morgan fingerprint density at radius 3 is 2.61 bits per heavy atom. The smallest absolute Gasteiger partial charge is 0.350 e. The first-order valence-corrected chi connectivity index (χ1v) is 8.67. The molecule has 3 aromatic rings. The normalized spacial score (nSPS) is 12.6. The Bertz CT molecular complexity index is 939. The van der Waals surface area contributed by atoms with Crippen molar-refractivity contribution in [2.45, 2.75) is 32.0 Å². The quantitative estimate of drug-likeness (QED) is 0.671. The molecule has 2 aromatic carbocycles. The molecule has 0 radical (unpaired) electrons. The highest BCUT2D eigenvalue weighted by Gasteiger charge is 2.30. The Morgan fingerprint density at radius 1 is 1.14 bits per heavy atom. The Balaban J connectivity index is 1.55. The molecule has 0 spiro atoms. The van der Waals surface area contributed by atoms with Gasteiger partial charge in [0.15, 0.2) is 0 Å².